The van der Waals surface area contributed by atoms with E-state index in [0.29, 0.717) is 31.8 Å². The molecule has 35 heavy (non-hydrogen) atoms. The topological polar surface area (TPSA) is 109 Å². The zero-order valence-corrected chi connectivity index (χ0v) is 21.2. The number of rotatable bonds is 8. The molecule has 2 aliphatic heterocycles. The number of carbonyl (C=O) groups is 2. The van der Waals surface area contributed by atoms with Crippen molar-refractivity contribution in [1.82, 2.24) is 4.90 Å². The SMILES string of the molecule is CC(C)=CCC/C(C)=C/CO/N=C1\C[C@@H](O)[C@@H](O)[C@@H]2[C@@H]3C(=O)N(C[C@@H]4CCCO4)C(=O)[C@@H]3CC[C@H]12. The summed E-state index contributed by atoms with van der Waals surface area (Å²) < 4.78 is 5.65. The van der Waals surface area contributed by atoms with Crippen LogP contribution in [0.3, 0.4) is 0 Å². The normalized spacial score (nSPS) is 36.4. The van der Waals surface area contributed by atoms with Crippen molar-refractivity contribution in [2.24, 2.45) is 28.8 Å². The van der Waals surface area contributed by atoms with Gasteiger partial charge < -0.3 is 19.8 Å². The quantitative estimate of drug-likeness (QED) is 0.235. The van der Waals surface area contributed by atoms with Gasteiger partial charge in [0.05, 0.1) is 42.4 Å². The van der Waals surface area contributed by atoms with Gasteiger partial charge >= 0.3 is 0 Å². The fourth-order valence-electron chi connectivity index (χ4n) is 6.20. The number of ether oxygens (including phenoxy) is 1. The summed E-state index contributed by atoms with van der Waals surface area (Å²) in [5.74, 6) is -2.20. The first-order valence-electron chi connectivity index (χ1n) is 13.1. The molecule has 4 aliphatic rings. The van der Waals surface area contributed by atoms with Crippen LogP contribution in [0.25, 0.3) is 0 Å². The molecule has 2 N–H and O–H groups in total. The minimum atomic E-state index is -1.07. The predicted molar refractivity (Wildman–Crippen MR) is 131 cm³/mol. The highest BCUT2D eigenvalue weighted by Crippen LogP contribution is 2.49. The summed E-state index contributed by atoms with van der Waals surface area (Å²) in [6.45, 7) is 7.52. The maximum atomic E-state index is 13.4. The Morgan fingerprint density at radius 3 is 2.60 bits per heavy atom. The molecule has 0 aromatic rings. The Morgan fingerprint density at radius 1 is 1.11 bits per heavy atom. The molecular formula is C27H40N2O6. The van der Waals surface area contributed by atoms with Crippen molar-refractivity contribution >= 4 is 17.5 Å². The molecule has 0 aromatic carbocycles. The molecule has 2 aliphatic carbocycles. The van der Waals surface area contributed by atoms with Crippen molar-refractivity contribution in [2.45, 2.75) is 84.0 Å². The highest BCUT2D eigenvalue weighted by Gasteiger charge is 2.59. The molecule has 0 spiro atoms. The summed E-state index contributed by atoms with van der Waals surface area (Å²) in [5.41, 5.74) is 3.21. The number of imide groups is 1. The summed E-state index contributed by atoms with van der Waals surface area (Å²) in [7, 11) is 0. The predicted octanol–water partition coefficient (Wildman–Crippen LogP) is 2.98. The molecule has 8 heteroatoms. The Bertz CT molecular complexity index is 886. The maximum absolute atomic E-state index is 13.4. The van der Waals surface area contributed by atoms with Gasteiger partial charge in [-0.05, 0) is 65.4 Å². The van der Waals surface area contributed by atoms with Crippen molar-refractivity contribution in [3.8, 4) is 0 Å². The lowest BCUT2D eigenvalue weighted by Gasteiger charge is -2.45. The summed E-state index contributed by atoms with van der Waals surface area (Å²) >= 11 is 0. The molecule has 2 heterocycles. The summed E-state index contributed by atoms with van der Waals surface area (Å²) in [5, 5.41) is 25.9. The first-order chi connectivity index (χ1) is 16.8. The lowest BCUT2D eigenvalue weighted by molar-refractivity contribution is -0.143. The van der Waals surface area contributed by atoms with Crippen LogP contribution in [-0.2, 0) is 19.2 Å². The molecule has 194 valence electrons. The second kappa shape index (κ2) is 11.4. The van der Waals surface area contributed by atoms with Gasteiger partial charge in [0.25, 0.3) is 0 Å². The number of hydrogen-bond donors (Lipinski definition) is 2. The second-order valence-corrected chi connectivity index (χ2v) is 10.8. The molecule has 8 nitrogen and oxygen atoms in total. The number of allylic oxidation sites excluding steroid dienone is 3. The van der Waals surface area contributed by atoms with Crippen LogP contribution in [0.2, 0.25) is 0 Å². The van der Waals surface area contributed by atoms with Gasteiger partial charge in [0.2, 0.25) is 11.8 Å². The summed E-state index contributed by atoms with van der Waals surface area (Å²) in [6.07, 6.45) is 7.17. The number of hydrogen-bond acceptors (Lipinski definition) is 7. The highest BCUT2D eigenvalue weighted by atomic mass is 16.6. The van der Waals surface area contributed by atoms with E-state index in [1.54, 1.807) is 0 Å². The lowest BCUT2D eigenvalue weighted by atomic mass is 9.60. The van der Waals surface area contributed by atoms with Gasteiger partial charge in [0.15, 0.2) is 0 Å². The van der Waals surface area contributed by atoms with Crippen LogP contribution < -0.4 is 0 Å². The Morgan fingerprint density at radius 2 is 1.89 bits per heavy atom. The van der Waals surface area contributed by atoms with E-state index in [1.165, 1.54) is 16.0 Å². The van der Waals surface area contributed by atoms with Gasteiger partial charge in [-0.2, -0.15) is 0 Å². The fraction of sp³-hybridized carbons (Fsp3) is 0.741. The molecule has 4 rings (SSSR count). The maximum Gasteiger partial charge on any atom is 0.233 e. The number of amides is 2. The molecule has 2 amide bonds. The lowest BCUT2D eigenvalue weighted by Crippen LogP contribution is -2.54. The van der Waals surface area contributed by atoms with E-state index in [0.717, 1.165) is 25.7 Å². The number of likely N-dealkylation sites (tertiary alicyclic amines) is 1. The first kappa shape index (κ1) is 26.0. The van der Waals surface area contributed by atoms with Crippen molar-refractivity contribution < 1.29 is 29.4 Å². The van der Waals surface area contributed by atoms with Crippen LogP contribution in [0.15, 0.2) is 28.5 Å². The van der Waals surface area contributed by atoms with Gasteiger partial charge in [-0.15, -0.1) is 0 Å². The van der Waals surface area contributed by atoms with Gasteiger partial charge in [-0.3, -0.25) is 14.5 Å². The molecule has 0 bridgehead atoms. The van der Waals surface area contributed by atoms with Gasteiger partial charge in [-0.25, -0.2) is 0 Å². The average Bonchev–Trinajstić information content (AvgIpc) is 3.42. The van der Waals surface area contributed by atoms with E-state index in [4.69, 9.17) is 9.57 Å². The number of nitrogens with zero attached hydrogens (tertiary/aromatic N) is 2. The van der Waals surface area contributed by atoms with Crippen LogP contribution >= 0.6 is 0 Å². The Balaban J connectivity index is 1.43. The summed E-state index contributed by atoms with van der Waals surface area (Å²) in [4.78, 5) is 33.4. The van der Waals surface area contributed by atoms with Crippen molar-refractivity contribution in [1.29, 1.82) is 0 Å². The third kappa shape index (κ3) is 5.70. The molecule has 7 atom stereocenters. The zero-order chi connectivity index (χ0) is 25.1. The minimum Gasteiger partial charge on any atom is -0.392 e. The summed E-state index contributed by atoms with van der Waals surface area (Å²) in [6, 6.07) is 0. The van der Waals surface area contributed by atoms with Gasteiger partial charge in [0.1, 0.15) is 6.61 Å². The Labute approximate surface area is 208 Å². The standard InChI is InChI=1S/C27H40N2O6/c1-16(2)6-4-7-17(3)11-13-35-28-21-14-22(30)25(31)23-19(21)9-10-20-24(23)27(33)29(26(20)32)15-18-8-5-12-34-18/h6,11,18-20,22-25,30-31H,4-5,7-10,12-15H2,1-3H3/b17-11+,28-21+/t18-,19+,20+,22+,23-,24+,25+/m0/s1. The van der Waals surface area contributed by atoms with E-state index in [-0.39, 0.29) is 36.8 Å². The molecule has 0 unspecified atom stereocenters. The Hall–Kier alpha value is -2.03. The number of fused-ring (bicyclic) bond motifs is 3. The fourth-order valence-corrected chi connectivity index (χ4v) is 6.20. The van der Waals surface area contributed by atoms with Crippen molar-refractivity contribution in [3.63, 3.8) is 0 Å². The van der Waals surface area contributed by atoms with E-state index >= 15 is 0 Å². The number of carbonyl (C=O) groups excluding carboxylic acids is 2. The highest BCUT2D eigenvalue weighted by molar-refractivity contribution is 6.06. The number of aliphatic hydroxyl groups is 2. The molecule has 0 aromatic heterocycles. The van der Waals surface area contributed by atoms with Gasteiger partial charge in [0, 0.05) is 24.9 Å². The smallest absolute Gasteiger partial charge is 0.233 e. The third-order valence-electron chi connectivity index (χ3n) is 8.06. The third-order valence-corrected chi connectivity index (χ3v) is 8.06. The molecule has 2 saturated heterocycles. The van der Waals surface area contributed by atoms with Crippen LogP contribution in [0.1, 0.15) is 65.7 Å². The van der Waals surface area contributed by atoms with E-state index in [2.05, 4.69) is 32.0 Å². The molecular weight excluding hydrogens is 448 g/mol. The van der Waals surface area contributed by atoms with Crippen molar-refractivity contribution in [2.75, 3.05) is 19.8 Å². The Kier molecular flexibility index (Phi) is 8.45. The van der Waals surface area contributed by atoms with Crippen molar-refractivity contribution in [3.05, 3.63) is 23.3 Å². The van der Waals surface area contributed by atoms with E-state index in [1.807, 2.05) is 6.08 Å². The van der Waals surface area contributed by atoms with Gasteiger partial charge in [-0.1, -0.05) is 22.4 Å². The number of oxime groups is 1. The van der Waals surface area contributed by atoms with Crippen LogP contribution in [0, 0.1) is 23.7 Å². The monoisotopic (exact) mass is 488 g/mol. The second-order valence-electron chi connectivity index (χ2n) is 10.8. The largest absolute Gasteiger partial charge is 0.392 e. The van der Waals surface area contributed by atoms with Crippen LogP contribution in [0.4, 0.5) is 0 Å². The zero-order valence-electron chi connectivity index (χ0n) is 21.2. The molecule has 4 fully saturated rings. The van der Waals surface area contributed by atoms with Crippen LogP contribution in [-0.4, -0.2) is 70.7 Å². The molecule has 2 saturated carbocycles. The van der Waals surface area contributed by atoms with Crippen LogP contribution in [0.5, 0.6) is 0 Å². The first-order valence-corrected chi connectivity index (χ1v) is 13.1. The average molecular weight is 489 g/mol. The van der Waals surface area contributed by atoms with E-state index in [9.17, 15) is 19.8 Å². The number of aliphatic hydroxyl groups excluding tert-OH is 2. The minimum absolute atomic E-state index is 0.107. The van der Waals surface area contributed by atoms with E-state index < -0.39 is 30.0 Å². The molecule has 0 radical (unpaired) electrons.